The van der Waals surface area contributed by atoms with Crippen LogP contribution in [0.5, 0.6) is 0 Å². The molecule has 1 aliphatic rings. The summed E-state index contributed by atoms with van der Waals surface area (Å²) in [6, 6.07) is 8.00. The second kappa shape index (κ2) is 7.04. The maximum absolute atomic E-state index is 13.0. The van der Waals surface area contributed by atoms with Crippen LogP contribution in [0.4, 0.5) is 0 Å². The van der Waals surface area contributed by atoms with Gasteiger partial charge >= 0.3 is 0 Å². The lowest BCUT2D eigenvalue weighted by Gasteiger charge is -2.35. The van der Waals surface area contributed by atoms with Gasteiger partial charge in [-0.2, -0.15) is 4.31 Å². The van der Waals surface area contributed by atoms with Crippen molar-refractivity contribution in [3.05, 3.63) is 47.9 Å². The molecule has 1 saturated heterocycles. The largest absolute Gasteiger partial charge is 0.336 e. The Kier molecular flexibility index (Phi) is 5.03. The van der Waals surface area contributed by atoms with Gasteiger partial charge in [-0.3, -0.25) is 0 Å². The number of rotatable bonds is 5. The van der Waals surface area contributed by atoms with Crippen molar-refractivity contribution in [3.8, 4) is 0 Å². The Labute approximate surface area is 143 Å². The standard InChI is InChI=1S/C17H24N4O2S/c1-3-14-5-7-15(8-6-14)16-11-18-9-10-21(16)24(22,23)17-12-20(4-2)13-19-17/h5-8,12-13,16,18H,3-4,9-11H2,1-2H3. The fourth-order valence-corrected chi connectivity index (χ4v) is 4.55. The van der Waals surface area contributed by atoms with Crippen LogP contribution in [0, 0.1) is 0 Å². The highest BCUT2D eigenvalue weighted by Gasteiger charge is 2.35. The predicted octanol–water partition coefficient (Wildman–Crippen LogP) is 1.80. The minimum Gasteiger partial charge on any atom is -0.336 e. The van der Waals surface area contributed by atoms with Gasteiger partial charge in [-0.15, -0.1) is 0 Å². The zero-order valence-corrected chi connectivity index (χ0v) is 15.0. The molecule has 1 aromatic carbocycles. The fraction of sp³-hybridized carbons (Fsp3) is 0.471. The molecule has 0 bridgehead atoms. The van der Waals surface area contributed by atoms with Crippen molar-refractivity contribution < 1.29 is 8.42 Å². The van der Waals surface area contributed by atoms with Crippen molar-refractivity contribution in [2.24, 2.45) is 0 Å². The maximum Gasteiger partial charge on any atom is 0.262 e. The van der Waals surface area contributed by atoms with Gasteiger partial charge in [0.1, 0.15) is 0 Å². The lowest BCUT2D eigenvalue weighted by Crippen LogP contribution is -2.48. The molecule has 24 heavy (non-hydrogen) atoms. The maximum atomic E-state index is 13.0. The molecule has 0 amide bonds. The summed E-state index contributed by atoms with van der Waals surface area (Å²) in [6.45, 7) is 6.48. The molecule has 1 aliphatic heterocycles. The lowest BCUT2D eigenvalue weighted by atomic mass is 10.0. The molecule has 2 heterocycles. The van der Waals surface area contributed by atoms with E-state index < -0.39 is 10.0 Å². The summed E-state index contributed by atoms with van der Waals surface area (Å²) >= 11 is 0. The van der Waals surface area contributed by atoms with E-state index in [1.54, 1.807) is 21.4 Å². The molecule has 2 aromatic rings. The number of hydrogen-bond acceptors (Lipinski definition) is 4. The smallest absolute Gasteiger partial charge is 0.262 e. The average molecular weight is 348 g/mol. The van der Waals surface area contributed by atoms with Gasteiger partial charge in [0, 0.05) is 32.4 Å². The van der Waals surface area contributed by atoms with E-state index in [-0.39, 0.29) is 11.1 Å². The van der Waals surface area contributed by atoms with Crippen molar-refractivity contribution in [3.63, 3.8) is 0 Å². The minimum absolute atomic E-state index is 0.126. The molecule has 130 valence electrons. The first-order chi connectivity index (χ1) is 11.6. The van der Waals surface area contributed by atoms with Crippen LogP contribution >= 0.6 is 0 Å². The number of piperazine rings is 1. The molecule has 0 aliphatic carbocycles. The molecule has 1 aromatic heterocycles. The lowest BCUT2D eigenvalue weighted by molar-refractivity contribution is 0.271. The third kappa shape index (κ3) is 3.24. The Morgan fingerprint density at radius 1 is 1.25 bits per heavy atom. The molecule has 3 rings (SSSR count). The van der Waals surface area contributed by atoms with E-state index in [0.29, 0.717) is 26.2 Å². The zero-order chi connectivity index (χ0) is 17.2. The Morgan fingerprint density at radius 2 is 2.00 bits per heavy atom. The van der Waals surface area contributed by atoms with Gasteiger partial charge in [0.15, 0.2) is 5.03 Å². The highest BCUT2D eigenvalue weighted by Crippen LogP contribution is 2.28. The van der Waals surface area contributed by atoms with E-state index in [1.807, 2.05) is 19.1 Å². The molecule has 1 N–H and O–H groups in total. The van der Waals surface area contributed by atoms with E-state index in [0.717, 1.165) is 12.0 Å². The average Bonchev–Trinajstić information content (AvgIpc) is 3.12. The Balaban J connectivity index is 1.93. The van der Waals surface area contributed by atoms with Crippen LogP contribution in [-0.4, -0.2) is 41.9 Å². The third-order valence-electron chi connectivity index (χ3n) is 4.51. The van der Waals surface area contributed by atoms with Crippen LogP contribution in [0.25, 0.3) is 0 Å². The molecule has 7 heteroatoms. The normalized spacial score (nSPS) is 19.5. The number of nitrogens with one attached hydrogen (secondary N) is 1. The predicted molar refractivity (Wildman–Crippen MR) is 93.2 cm³/mol. The second-order valence-electron chi connectivity index (χ2n) is 5.97. The second-order valence-corrected chi connectivity index (χ2v) is 7.81. The summed E-state index contributed by atoms with van der Waals surface area (Å²) in [5.41, 5.74) is 2.26. The van der Waals surface area contributed by atoms with E-state index in [1.165, 1.54) is 5.56 Å². The number of hydrogen-bond donors (Lipinski definition) is 1. The Morgan fingerprint density at radius 3 is 2.62 bits per heavy atom. The molecule has 1 unspecified atom stereocenters. The summed E-state index contributed by atoms with van der Waals surface area (Å²) in [7, 11) is -3.60. The van der Waals surface area contributed by atoms with Crippen LogP contribution in [0.2, 0.25) is 0 Å². The quantitative estimate of drug-likeness (QED) is 0.895. The summed E-state index contributed by atoms with van der Waals surface area (Å²) in [6.07, 6.45) is 4.15. The number of benzene rings is 1. The zero-order valence-electron chi connectivity index (χ0n) is 14.1. The van der Waals surface area contributed by atoms with Crippen LogP contribution in [0.1, 0.15) is 31.0 Å². The van der Waals surface area contributed by atoms with E-state index in [9.17, 15) is 8.42 Å². The first-order valence-electron chi connectivity index (χ1n) is 8.39. The molecule has 0 spiro atoms. The number of imidazole rings is 1. The number of sulfonamides is 1. The van der Waals surface area contributed by atoms with Gasteiger partial charge in [-0.05, 0) is 24.5 Å². The molecule has 0 radical (unpaired) electrons. The fourth-order valence-electron chi connectivity index (χ4n) is 3.00. The molecular formula is C17H24N4O2S. The van der Waals surface area contributed by atoms with Crippen molar-refractivity contribution in [1.29, 1.82) is 0 Å². The molecule has 0 saturated carbocycles. The van der Waals surface area contributed by atoms with Crippen molar-refractivity contribution in [2.45, 2.75) is 37.9 Å². The van der Waals surface area contributed by atoms with Gasteiger partial charge < -0.3 is 9.88 Å². The van der Waals surface area contributed by atoms with Crippen molar-refractivity contribution >= 4 is 10.0 Å². The van der Waals surface area contributed by atoms with E-state index >= 15 is 0 Å². The van der Waals surface area contributed by atoms with Gasteiger partial charge in [0.25, 0.3) is 10.0 Å². The van der Waals surface area contributed by atoms with Gasteiger partial charge in [-0.1, -0.05) is 31.2 Å². The number of aromatic nitrogens is 2. The van der Waals surface area contributed by atoms with E-state index in [4.69, 9.17) is 0 Å². The SMILES string of the molecule is CCc1ccc(C2CNCCN2S(=O)(=O)c2cn(CC)cn2)cc1. The Hall–Kier alpha value is -1.70. The van der Waals surface area contributed by atoms with Gasteiger partial charge in [0.05, 0.1) is 12.4 Å². The van der Waals surface area contributed by atoms with E-state index in [2.05, 4.69) is 29.4 Å². The first kappa shape index (κ1) is 17.1. The highest BCUT2D eigenvalue weighted by atomic mass is 32.2. The number of nitrogens with zero attached hydrogens (tertiary/aromatic N) is 3. The topological polar surface area (TPSA) is 67.2 Å². The van der Waals surface area contributed by atoms with Crippen LogP contribution < -0.4 is 5.32 Å². The van der Waals surface area contributed by atoms with Crippen LogP contribution in [-0.2, 0) is 23.0 Å². The van der Waals surface area contributed by atoms with Crippen LogP contribution in [0.15, 0.2) is 41.8 Å². The monoisotopic (exact) mass is 348 g/mol. The molecule has 1 atom stereocenters. The summed E-state index contributed by atoms with van der Waals surface area (Å²) in [5.74, 6) is 0. The van der Waals surface area contributed by atoms with Gasteiger partial charge in [-0.25, -0.2) is 13.4 Å². The summed E-state index contributed by atoms with van der Waals surface area (Å²) in [4.78, 5) is 4.10. The van der Waals surface area contributed by atoms with Crippen molar-refractivity contribution in [2.75, 3.05) is 19.6 Å². The number of aryl methyl sites for hydroxylation is 2. The third-order valence-corrected chi connectivity index (χ3v) is 6.31. The minimum atomic E-state index is -3.60. The summed E-state index contributed by atoms with van der Waals surface area (Å²) < 4.78 is 29.4. The molecule has 6 nitrogen and oxygen atoms in total. The molecule has 1 fully saturated rings. The Bertz CT molecular complexity index is 783. The first-order valence-corrected chi connectivity index (χ1v) is 9.83. The van der Waals surface area contributed by atoms with Gasteiger partial charge in [0.2, 0.25) is 0 Å². The van der Waals surface area contributed by atoms with Crippen molar-refractivity contribution in [1.82, 2.24) is 19.2 Å². The van der Waals surface area contributed by atoms with Crippen LogP contribution in [0.3, 0.4) is 0 Å². The summed E-state index contributed by atoms with van der Waals surface area (Å²) in [5, 5.41) is 3.43. The molecular weight excluding hydrogens is 324 g/mol. The highest BCUT2D eigenvalue weighted by molar-refractivity contribution is 7.89.